The SMILES string of the molecule is O=C(Cc1ccc(-c2ccccc2O)cc1-c1cc2cnccc2[nH]1)N1CCN(c2ccccn2)CC1. The zero-order valence-electron chi connectivity index (χ0n) is 20.3. The molecule has 7 heteroatoms. The first kappa shape index (κ1) is 22.8. The van der Waals surface area contributed by atoms with Crippen molar-refractivity contribution in [3.05, 3.63) is 97.0 Å². The van der Waals surface area contributed by atoms with Crippen molar-refractivity contribution in [1.82, 2.24) is 19.9 Å². The summed E-state index contributed by atoms with van der Waals surface area (Å²) in [4.78, 5) is 29.7. The highest BCUT2D eigenvalue weighted by molar-refractivity contribution is 5.89. The van der Waals surface area contributed by atoms with Gasteiger partial charge in [-0.05, 0) is 47.5 Å². The van der Waals surface area contributed by atoms with Crippen LogP contribution >= 0.6 is 0 Å². The number of hydrogen-bond acceptors (Lipinski definition) is 5. The second-order valence-corrected chi connectivity index (χ2v) is 9.27. The number of rotatable bonds is 5. The number of carbonyl (C=O) groups is 1. The van der Waals surface area contributed by atoms with E-state index in [1.165, 1.54) is 0 Å². The summed E-state index contributed by atoms with van der Waals surface area (Å²) in [5, 5.41) is 11.5. The maximum Gasteiger partial charge on any atom is 0.227 e. The summed E-state index contributed by atoms with van der Waals surface area (Å²) < 4.78 is 0. The fourth-order valence-corrected chi connectivity index (χ4v) is 4.98. The van der Waals surface area contributed by atoms with Gasteiger partial charge in [0.05, 0.1) is 6.42 Å². The molecule has 37 heavy (non-hydrogen) atoms. The van der Waals surface area contributed by atoms with Gasteiger partial charge in [-0.25, -0.2) is 4.98 Å². The van der Waals surface area contributed by atoms with Crippen molar-refractivity contribution in [3.63, 3.8) is 0 Å². The molecule has 1 aliphatic rings. The molecular formula is C30H27N5O2. The summed E-state index contributed by atoms with van der Waals surface area (Å²) in [5.74, 6) is 1.28. The van der Waals surface area contributed by atoms with E-state index in [2.05, 4.69) is 32.0 Å². The highest BCUT2D eigenvalue weighted by Crippen LogP contribution is 2.35. The lowest BCUT2D eigenvalue weighted by Gasteiger charge is -2.35. The minimum absolute atomic E-state index is 0.106. The van der Waals surface area contributed by atoms with Crippen molar-refractivity contribution < 1.29 is 9.90 Å². The van der Waals surface area contributed by atoms with Crippen LogP contribution in [0.1, 0.15) is 5.56 Å². The number of phenols is 1. The van der Waals surface area contributed by atoms with Gasteiger partial charge in [0.2, 0.25) is 5.91 Å². The molecule has 0 bridgehead atoms. The molecule has 1 fully saturated rings. The van der Waals surface area contributed by atoms with E-state index in [0.717, 1.165) is 57.8 Å². The summed E-state index contributed by atoms with van der Waals surface area (Å²) in [7, 11) is 0. The van der Waals surface area contributed by atoms with Crippen LogP contribution in [0.3, 0.4) is 0 Å². The predicted octanol–water partition coefficient (Wildman–Crippen LogP) is 4.89. The number of anilines is 1. The first-order chi connectivity index (χ1) is 18.2. The lowest BCUT2D eigenvalue weighted by atomic mass is 9.95. The molecule has 2 N–H and O–H groups in total. The normalized spacial score (nSPS) is 13.7. The monoisotopic (exact) mass is 489 g/mol. The Morgan fingerprint density at radius 3 is 2.51 bits per heavy atom. The van der Waals surface area contributed by atoms with E-state index < -0.39 is 0 Å². The van der Waals surface area contributed by atoms with Crippen LogP contribution in [0.5, 0.6) is 5.75 Å². The zero-order chi connectivity index (χ0) is 25.2. The smallest absolute Gasteiger partial charge is 0.227 e. The third kappa shape index (κ3) is 4.63. The van der Waals surface area contributed by atoms with Crippen LogP contribution in [0.4, 0.5) is 5.82 Å². The van der Waals surface area contributed by atoms with Gasteiger partial charge in [0.1, 0.15) is 11.6 Å². The van der Waals surface area contributed by atoms with Gasteiger partial charge in [0.25, 0.3) is 0 Å². The van der Waals surface area contributed by atoms with Gasteiger partial charge >= 0.3 is 0 Å². The van der Waals surface area contributed by atoms with Crippen molar-refractivity contribution in [1.29, 1.82) is 0 Å². The number of aromatic nitrogens is 3. The van der Waals surface area contributed by atoms with E-state index >= 15 is 0 Å². The van der Waals surface area contributed by atoms with Crippen LogP contribution in [0.2, 0.25) is 0 Å². The number of H-pyrrole nitrogens is 1. The third-order valence-corrected chi connectivity index (χ3v) is 6.98. The van der Waals surface area contributed by atoms with Crippen molar-refractivity contribution in [3.8, 4) is 28.1 Å². The quantitative estimate of drug-likeness (QED) is 0.367. The molecule has 7 nitrogen and oxygen atoms in total. The van der Waals surface area contributed by atoms with Crippen LogP contribution in [0, 0.1) is 0 Å². The van der Waals surface area contributed by atoms with E-state index in [1.807, 2.05) is 65.7 Å². The highest BCUT2D eigenvalue weighted by Gasteiger charge is 2.23. The molecule has 0 unspecified atom stereocenters. The molecule has 0 radical (unpaired) electrons. The Kier molecular flexibility index (Phi) is 6.02. The van der Waals surface area contributed by atoms with E-state index in [-0.39, 0.29) is 11.7 Å². The second-order valence-electron chi connectivity index (χ2n) is 9.27. The molecule has 6 rings (SSSR count). The number of nitrogens with zero attached hydrogens (tertiary/aromatic N) is 4. The molecule has 1 saturated heterocycles. The lowest BCUT2D eigenvalue weighted by Crippen LogP contribution is -2.49. The number of piperazine rings is 1. The van der Waals surface area contributed by atoms with Crippen molar-refractivity contribution in [2.75, 3.05) is 31.1 Å². The van der Waals surface area contributed by atoms with Crippen LogP contribution in [0.15, 0.2) is 91.4 Å². The molecule has 1 aliphatic heterocycles. The number of nitrogens with one attached hydrogen (secondary N) is 1. The Balaban J connectivity index is 1.29. The van der Waals surface area contributed by atoms with E-state index in [1.54, 1.807) is 18.5 Å². The third-order valence-electron chi connectivity index (χ3n) is 6.98. The zero-order valence-corrected chi connectivity index (χ0v) is 20.3. The largest absolute Gasteiger partial charge is 0.507 e. The standard InChI is InChI=1S/C30H27N5O2/c36-28-6-2-1-5-24(28)21-8-9-22(25(17-21)27-18-23-20-31-12-10-26(23)33-27)19-30(37)35-15-13-34(14-16-35)29-7-3-4-11-32-29/h1-12,17-18,20,33,36H,13-16,19H2. The molecule has 0 spiro atoms. The Labute approximate surface area is 215 Å². The topological polar surface area (TPSA) is 85.3 Å². The molecule has 184 valence electrons. The maximum atomic E-state index is 13.4. The fourth-order valence-electron chi connectivity index (χ4n) is 4.98. The maximum absolute atomic E-state index is 13.4. The first-order valence-electron chi connectivity index (χ1n) is 12.4. The number of amides is 1. The molecule has 5 aromatic rings. The summed E-state index contributed by atoms with van der Waals surface area (Å²) in [6.45, 7) is 2.85. The minimum atomic E-state index is 0.106. The number of pyridine rings is 2. The Hall–Kier alpha value is -4.65. The molecule has 1 amide bonds. The molecular weight excluding hydrogens is 462 g/mol. The fraction of sp³-hybridized carbons (Fsp3) is 0.167. The van der Waals surface area contributed by atoms with Crippen LogP contribution in [-0.4, -0.2) is 57.0 Å². The molecule has 0 aliphatic carbocycles. The average molecular weight is 490 g/mol. The van der Waals surface area contributed by atoms with Gasteiger partial charge in [0.15, 0.2) is 0 Å². The number of fused-ring (bicyclic) bond motifs is 1. The van der Waals surface area contributed by atoms with Crippen molar-refractivity contribution in [2.45, 2.75) is 6.42 Å². The number of para-hydroxylation sites is 1. The number of aromatic amines is 1. The number of aromatic hydroxyl groups is 1. The summed E-state index contributed by atoms with van der Waals surface area (Å²) in [6.07, 6.45) is 5.69. The van der Waals surface area contributed by atoms with Gasteiger partial charge in [-0.2, -0.15) is 0 Å². The van der Waals surface area contributed by atoms with Gasteiger partial charge in [-0.3, -0.25) is 9.78 Å². The van der Waals surface area contributed by atoms with Gasteiger partial charge in [-0.1, -0.05) is 36.4 Å². The summed E-state index contributed by atoms with van der Waals surface area (Å²) >= 11 is 0. The van der Waals surface area contributed by atoms with Crippen LogP contribution < -0.4 is 4.90 Å². The molecule has 0 atom stereocenters. The Morgan fingerprint density at radius 1 is 0.892 bits per heavy atom. The van der Waals surface area contributed by atoms with Crippen molar-refractivity contribution in [2.24, 2.45) is 0 Å². The van der Waals surface area contributed by atoms with E-state index in [9.17, 15) is 9.90 Å². The second kappa shape index (κ2) is 9.78. The number of benzene rings is 2. The Morgan fingerprint density at radius 2 is 1.73 bits per heavy atom. The molecule has 0 saturated carbocycles. The highest BCUT2D eigenvalue weighted by atomic mass is 16.3. The first-order valence-corrected chi connectivity index (χ1v) is 12.4. The minimum Gasteiger partial charge on any atom is -0.507 e. The summed E-state index contributed by atoms with van der Waals surface area (Å²) in [5.41, 5.74) is 5.44. The van der Waals surface area contributed by atoms with E-state index in [0.29, 0.717) is 19.5 Å². The number of phenolic OH excluding ortho intramolecular Hbond substituents is 1. The number of carbonyl (C=O) groups excluding carboxylic acids is 1. The van der Waals surface area contributed by atoms with E-state index in [4.69, 9.17) is 0 Å². The van der Waals surface area contributed by atoms with Crippen LogP contribution in [0.25, 0.3) is 33.3 Å². The van der Waals surface area contributed by atoms with Crippen molar-refractivity contribution >= 4 is 22.6 Å². The Bertz CT molecular complexity index is 1520. The molecule has 3 aromatic heterocycles. The molecule has 4 heterocycles. The van der Waals surface area contributed by atoms with Crippen LogP contribution in [-0.2, 0) is 11.2 Å². The lowest BCUT2D eigenvalue weighted by molar-refractivity contribution is -0.130. The number of hydrogen-bond donors (Lipinski definition) is 2. The predicted molar refractivity (Wildman–Crippen MR) is 145 cm³/mol. The summed E-state index contributed by atoms with van der Waals surface area (Å²) in [6, 6.07) is 23.2. The van der Waals surface area contributed by atoms with Gasteiger partial charge < -0.3 is 19.9 Å². The molecule has 2 aromatic carbocycles. The average Bonchev–Trinajstić information content (AvgIpc) is 3.38. The van der Waals surface area contributed by atoms with Gasteiger partial charge in [0, 0.05) is 72.5 Å². The van der Waals surface area contributed by atoms with Gasteiger partial charge in [-0.15, -0.1) is 0 Å².